The number of nitrogens with one attached hydrogen (secondary N) is 1. The summed E-state index contributed by atoms with van der Waals surface area (Å²) in [6.07, 6.45) is 4.00. The number of hydrogen-bond donors (Lipinski definition) is 1. The molecule has 0 aliphatic carbocycles. The van der Waals surface area contributed by atoms with Crippen LogP contribution in [0.3, 0.4) is 0 Å². The predicted octanol–water partition coefficient (Wildman–Crippen LogP) is 4.44. The molecule has 3 aromatic carbocycles. The van der Waals surface area contributed by atoms with Crippen LogP contribution < -0.4 is 10.2 Å². The van der Waals surface area contributed by atoms with Crippen molar-refractivity contribution in [1.29, 1.82) is 0 Å². The molecule has 8 nitrogen and oxygen atoms in total. The van der Waals surface area contributed by atoms with Crippen molar-refractivity contribution in [3.8, 4) is 0 Å². The van der Waals surface area contributed by atoms with Gasteiger partial charge in [0.1, 0.15) is 6.04 Å². The van der Waals surface area contributed by atoms with Crippen molar-refractivity contribution >= 4 is 35.0 Å². The molecule has 4 aliphatic heterocycles. The minimum absolute atomic E-state index is 0.126. The Morgan fingerprint density at radius 3 is 2.38 bits per heavy atom. The van der Waals surface area contributed by atoms with Crippen LogP contribution in [-0.2, 0) is 33.9 Å². The Kier molecular flexibility index (Phi) is 6.86. The number of carbonyl (C=O) groups is 4. The van der Waals surface area contributed by atoms with E-state index in [1.807, 2.05) is 41.3 Å². The van der Waals surface area contributed by atoms with Crippen LogP contribution in [-0.4, -0.2) is 52.6 Å². The van der Waals surface area contributed by atoms with Crippen molar-refractivity contribution in [2.45, 2.75) is 63.6 Å². The molecule has 3 aromatic rings. The fraction of sp³-hybridized carbons (Fsp3) is 0.353. The zero-order chi connectivity index (χ0) is 28.8. The highest BCUT2D eigenvalue weighted by molar-refractivity contribution is 6.05. The van der Waals surface area contributed by atoms with Crippen LogP contribution in [0, 0.1) is 0 Å². The average Bonchev–Trinajstić information content (AvgIpc) is 3.33. The van der Waals surface area contributed by atoms with E-state index in [-0.39, 0.29) is 30.0 Å². The minimum atomic E-state index is -0.587. The SMILES string of the molecule is O=C1CCC(N2Cc3cc(C4CCN(Cc5ccc6c(c5)N(c5ccccc5)C(=O)CC6)CC4)ccc3C2=O)C(=O)N1. The van der Waals surface area contributed by atoms with E-state index in [2.05, 4.69) is 40.5 Å². The number of benzene rings is 3. The van der Waals surface area contributed by atoms with Crippen LogP contribution in [0.15, 0.2) is 66.7 Å². The highest BCUT2D eigenvalue weighted by atomic mass is 16.2. The van der Waals surface area contributed by atoms with E-state index in [4.69, 9.17) is 0 Å². The maximum absolute atomic E-state index is 13.1. The Morgan fingerprint density at radius 1 is 0.786 bits per heavy atom. The molecule has 0 spiro atoms. The summed E-state index contributed by atoms with van der Waals surface area (Å²) in [6.45, 7) is 3.20. The Morgan fingerprint density at radius 2 is 1.60 bits per heavy atom. The number of fused-ring (bicyclic) bond motifs is 2. The summed E-state index contributed by atoms with van der Waals surface area (Å²) in [5.41, 5.74) is 7.23. The number of anilines is 2. The van der Waals surface area contributed by atoms with Gasteiger partial charge in [0, 0.05) is 37.2 Å². The lowest BCUT2D eigenvalue weighted by Gasteiger charge is -2.33. The highest BCUT2D eigenvalue weighted by Gasteiger charge is 2.39. The molecule has 0 bridgehead atoms. The fourth-order valence-corrected chi connectivity index (χ4v) is 7.01. The fourth-order valence-electron chi connectivity index (χ4n) is 7.01. The lowest BCUT2D eigenvalue weighted by Crippen LogP contribution is -2.52. The maximum Gasteiger partial charge on any atom is 0.255 e. The third-order valence-corrected chi connectivity index (χ3v) is 9.28. The molecule has 0 aromatic heterocycles. The third kappa shape index (κ3) is 4.90. The Bertz CT molecular complexity index is 1580. The van der Waals surface area contributed by atoms with Crippen LogP contribution >= 0.6 is 0 Å². The quantitative estimate of drug-likeness (QED) is 0.465. The Balaban J connectivity index is 1.00. The molecular weight excluding hydrogens is 528 g/mol. The molecule has 4 amide bonds. The standard InChI is InChI=1S/C34H34N4O4/c39-31-12-11-29(33(41)35-31)37-21-26-19-25(8-10-28(26)34(37)42)23-14-16-36(17-15-23)20-22-6-7-24-9-13-32(40)38(30(24)18-22)27-4-2-1-3-5-27/h1-8,10,18-19,23,29H,9,11-17,20-21H2,(H,35,39,41). The molecule has 1 unspecified atom stereocenters. The maximum atomic E-state index is 13.1. The molecule has 2 fully saturated rings. The number of amides is 4. The molecule has 1 N–H and O–H groups in total. The van der Waals surface area contributed by atoms with Crippen molar-refractivity contribution in [3.05, 3.63) is 94.5 Å². The van der Waals surface area contributed by atoms with E-state index < -0.39 is 6.04 Å². The summed E-state index contributed by atoms with van der Waals surface area (Å²) in [4.78, 5) is 55.9. The zero-order valence-corrected chi connectivity index (χ0v) is 23.6. The molecular formula is C34H34N4O4. The minimum Gasteiger partial charge on any atom is -0.322 e. The van der Waals surface area contributed by atoms with Gasteiger partial charge in [0.05, 0.1) is 5.69 Å². The molecule has 2 saturated heterocycles. The largest absolute Gasteiger partial charge is 0.322 e. The van der Waals surface area contributed by atoms with Crippen LogP contribution in [0.25, 0.3) is 0 Å². The van der Waals surface area contributed by atoms with Crippen molar-refractivity contribution < 1.29 is 19.2 Å². The summed E-state index contributed by atoms with van der Waals surface area (Å²) in [5.74, 6) is -0.217. The topological polar surface area (TPSA) is 90.0 Å². The summed E-state index contributed by atoms with van der Waals surface area (Å²) in [7, 11) is 0. The number of rotatable bonds is 5. The Labute approximate surface area is 245 Å². The average molecular weight is 563 g/mol. The van der Waals surface area contributed by atoms with Gasteiger partial charge in [-0.3, -0.25) is 34.3 Å². The third-order valence-electron chi connectivity index (χ3n) is 9.28. The van der Waals surface area contributed by atoms with E-state index in [9.17, 15) is 19.2 Å². The van der Waals surface area contributed by atoms with Gasteiger partial charge in [-0.15, -0.1) is 0 Å². The molecule has 214 valence electrons. The molecule has 8 heteroatoms. The second kappa shape index (κ2) is 10.8. The molecule has 4 heterocycles. The molecule has 0 radical (unpaired) electrons. The monoisotopic (exact) mass is 562 g/mol. The van der Waals surface area contributed by atoms with E-state index in [1.54, 1.807) is 4.90 Å². The number of likely N-dealkylation sites (tertiary alicyclic amines) is 1. The molecule has 1 atom stereocenters. The molecule has 42 heavy (non-hydrogen) atoms. The molecule has 0 saturated carbocycles. The summed E-state index contributed by atoms with van der Waals surface area (Å²) < 4.78 is 0. The number of para-hydroxylation sites is 1. The predicted molar refractivity (Wildman–Crippen MR) is 158 cm³/mol. The van der Waals surface area contributed by atoms with Crippen molar-refractivity contribution in [1.82, 2.24) is 15.1 Å². The van der Waals surface area contributed by atoms with E-state index >= 15 is 0 Å². The van der Waals surface area contributed by atoms with Crippen LogP contribution in [0.4, 0.5) is 11.4 Å². The van der Waals surface area contributed by atoms with Gasteiger partial charge in [0.2, 0.25) is 17.7 Å². The molecule has 4 aliphatic rings. The van der Waals surface area contributed by atoms with Gasteiger partial charge >= 0.3 is 0 Å². The first kappa shape index (κ1) is 26.6. The number of nitrogens with zero attached hydrogens (tertiary/aromatic N) is 3. The van der Waals surface area contributed by atoms with Gasteiger partial charge in [-0.25, -0.2) is 0 Å². The number of hydrogen-bond acceptors (Lipinski definition) is 5. The lowest BCUT2D eigenvalue weighted by molar-refractivity contribution is -0.137. The van der Waals surface area contributed by atoms with Crippen molar-refractivity contribution in [3.63, 3.8) is 0 Å². The van der Waals surface area contributed by atoms with E-state index in [0.29, 0.717) is 30.9 Å². The first-order valence-corrected chi connectivity index (χ1v) is 14.9. The van der Waals surface area contributed by atoms with Gasteiger partial charge in [-0.1, -0.05) is 42.5 Å². The van der Waals surface area contributed by atoms with Crippen LogP contribution in [0.5, 0.6) is 0 Å². The van der Waals surface area contributed by atoms with E-state index in [0.717, 1.165) is 55.8 Å². The first-order chi connectivity index (χ1) is 20.4. The van der Waals surface area contributed by atoms with Gasteiger partial charge in [-0.05, 0) is 91.2 Å². The van der Waals surface area contributed by atoms with Crippen LogP contribution in [0.1, 0.15) is 70.6 Å². The van der Waals surface area contributed by atoms with Gasteiger partial charge in [0.15, 0.2) is 0 Å². The number of aryl methyl sites for hydroxylation is 1. The number of piperidine rings is 2. The van der Waals surface area contributed by atoms with Crippen molar-refractivity contribution in [2.75, 3.05) is 18.0 Å². The molecule has 7 rings (SSSR count). The number of imide groups is 1. The second-order valence-corrected chi connectivity index (χ2v) is 11.9. The van der Waals surface area contributed by atoms with E-state index in [1.165, 1.54) is 16.7 Å². The zero-order valence-electron chi connectivity index (χ0n) is 23.6. The Hall–Kier alpha value is -4.30. The summed E-state index contributed by atoms with van der Waals surface area (Å²) in [6, 6.07) is 22.0. The smallest absolute Gasteiger partial charge is 0.255 e. The van der Waals surface area contributed by atoms with Gasteiger partial charge in [0.25, 0.3) is 5.91 Å². The number of carbonyl (C=O) groups excluding carboxylic acids is 4. The summed E-state index contributed by atoms with van der Waals surface area (Å²) >= 11 is 0. The normalized spacial score (nSPS) is 21.4. The van der Waals surface area contributed by atoms with Crippen molar-refractivity contribution in [2.24, 2.45) is 0 Å². The summed E-state index contributed by atoms with van der Waals surface area (Å²) in [5, 5.41) is 2.37. The lowest BCUT2D eigenvalue weighted by atomic mass is 9.87. The van der Waals surface area contributed by atoms with Gasteiger partial charge in [-0.2, -0.15) is 0 Å². The van der Waals surface area contributed by atoms with Crippen LogP contribution in [0.2, 0.25) is 0 Å². The van der Waals surface area contributed by atoms with Gasteiger partial charge < -0.3 is 4.90 Å². The highest BCUT2D eigenvalue weighted by Crippen LogP contribution is 2.37. The second-order valence-electron chi connectivity index (χ2n) is 11.9. The first-order valence-electron chi connectivity index (χ1n) is 14.9.